The molecule has 0 bridgehead atoms. The van der Waals surface area contributed by atoms with Crippen molar-refractivity contribution in [3.63, 3.8) is 0 Å². The van der Waals surface area contributed by atoms with Crippen molar-refractivity contribution in [2.24, 2.45) is 5.73 Å². The average Bonchev–Trinajstić information content (AvgIpc) is 1.68. The van der Waals surface area contributed by atoms with E-state index in [1.165, 1.54) is 0 Å². The van der Waals surface area contributed by atoms with Crippen LogP contribution >= 0.6 is 8.58 Å². The maximum Gasteiger partial charge on any atom is 0.0699 e. The van der Waals surface area contributed by atoms with Crippen LogP contribution in [0, 0.1) is 0 Å². The van der Waals surface area contributed by atoms with Crippen LogP contribution in [0.4, 0.5) is 0 Å². The van der Waals surface area contributed by atoms with Crippen molar-refractivity contribution in [3.8, 4) is 0 Å². The Morgan fingerprint density at radius 3 is 2.57 bits per heavy atom. The van der Waals surface area contributed by atoms with Gasteiger partial charge >= 0.3 is 0 Å². The molecule has 0 aromatic heterocycles. The number of aliphatic hydroxyl groups is 1. The van der Waals surface area contributed by atoms with Gasteiger partial charge in [-0.05, 0) is 12.8 Å². The number of aliphatic hydroxyl groups excluding tert-OH is 1. The highest BCUT2D eigenvalue weighted by Crippen LogP contribution is 2.02. The van der Waals surface area contributed by atoms with Gasteiger partial charge in [-0.25, -0.2) is 0 Å². The zero-order valence-electron chi connectivity index (χ0n) is 4.52. The molecule has 0 fully saturated rings. The molecule has 0 aliphatic carbocycles. The monoisotopic (exact) mass is 121 g/mol. The quantitative estimate of drug-likeness (QED) is 0.500. The summed E-state index contributed by atoms with van der Waals surface area (Å²) in [6, 6.07) is 0. The van der Waals surface area contributed by atoms with Crippen LogP contribution in [0.2, 0.25) is 0 Å². The maximum absolute atomic E-state index is 8.74. The van der Waals surface area contributed by atoms with Gasteiger partial charge in [-0.1, -0.05) is 0 Å². The van der Waals surface area contributed by atoms with Crippen LogP contribution in [0.25, 0.3) is 0 Å². The fourth-order valence-corrected chi connectivity index (χ4v) is 0.957. The Balaban J connectivity index is 2.83. The minimum atomic E-state index is -0.261. The Morgan fingerprint density at radius 2 is 2.43 bits per heavy atom. The summed E-state index contributed by atoms with van der Waals surface area (Å²) < 4.78 is 0. The molecule has 0 aliphatic heterocycles. The zero-order chi connectivity index (χ0) is 5.70. The highest BCUT2D eigenvalue weighted by atomic mass is 31.1. The fourth-order valence-electron chi connectivity index (χ4n) is 0.319. The van der Waals surface area contributed by atoms with E-state index in [-0.39, 0.29) is 6.10 Å². The van der Waals surface area contributed by atoms with Crippen LogP contribution in [0.5, 0.6) is 0 Å². The molecule has 0 radical (unpaired) electrons. The smallest absolute Gasteiger partial charge is 0.0699 e. The first-order valence-corrected chi connectivity index (χ1v) is 4.04. The summed E-state index contributed by atoms with van der Waals surface area (Å²) in [5.74, 6) is 0. The third kappa shape index (κ3) is 4.20. The van der Waals surface area contributed by atoms with Crippen molar-refractivity contribution >= 4 is 8.58 Å². The molecule has 0 aliphatic rings. The van der Waals surface area contributed by atoms with E-state index in [0.29, 0.717) is 6.54 Å². The topological polar surface area (TPSA) is 46.2 Å². The van der Waals surface area contributed by atoms with Crippen LogP contribution in [-0.2, 0) is 0 Å². The minimum Gasteiger partial charge on any atom is -0.391 e. The van der Waals surface area contributed by atoms with E-state index in [4.69, 9.17) is 10.8 Å². The summed E-state index contributed by atoms with van der Waals surface area (Å²) in [6.45, 7) is 2.46. The van der Waals surface area contributed by atoms with Gasteiger partial charge in [0.15, 0.2) is 0 Å². The van der Waals surface area contributed by atoms with E-state index in [2.05, 4.69) is 6.66 Å². The van der Waals surface area contributed by atoms with Gasteiger partial charge in [-0.2, -0.15) is 0 Å². The second-order valence-electron chi connectivity index (χ2n) is 1.45. The lowest BCUT2D eigenvalue weighted by molar-refractivity contribution is 0.207. The molecule has 7 heavy (non-hydrogen) atoms. The van der Waals surface area contributed by atoms with Crippen LogP contribution in [0.15, 0.2) is 0 Å². The molecule has 0 amide bonds. The number of hydrogen-bond acceptors (Lipinski definition) is 2. The summed E-state index contributed by atoms with van der Waals surface area (Å²) in [7, 11) is 0.815. The molecule has 3 N–H and O–H groups in total. The molecular weight excluding hydrogens is 109 g/mol. The Kier molecular flexibility index (Phi) is 4.73. The lowest BCUT2D eigenvalue weighted by Gasteiger charge is -2.02. The largest absolute Gasteiger partial charge is 0.391 e. The highest BCUT2D eigenvalue weighted by Gasteiger charge is 1.94. The Morgan fingerprint density at radius 1 is 1.86 bits per heavy atom. The molecule has 0 saturated heterocycles. The van der Waals surface area contributed by atoms with Crippen molar-refractivity contribution in [1.29, 1.82) is 0 Å². The van der Waals surface area contributed by atoms with E-state index < -0.39 is 0 Å². The van der Waals surface area contributed by atoms with Crippen LogP contribution in [0.3, 0.4) is 0 Å². The molecular formula is C4H12NOP. The molecule has 0 saturated carbocycles. The van der Waals surface area contributed by atoms with Crippen molar-refractivity contribution < 1.29 is 5.11 Å². The van der Waals surface area contributed by atoms with Crippen molar-refractivity contribution in [1.82, 2.24) is 0 Å². The van der Waals surface area contributed by atoms with Gasteiger partial charge in [0.05, 0.1) is 6.10 Å². The second kappa shape index (κ2) is 4.51. The summed E-state index contributed by atoms with van der Waals surface area (Å²) in [6.07, 6.45) is 0.597. The Bertz CT molecular complexity index is 42.7. The first-order chi connectivity index (χ1) is 3.31. The SMILES string of the molecule is CPC[C@@H](O)CN. The van der Waals surface area contributed by atoms with E-state index >= 15 is 0 Å². The molecule has 0 rings (SSSR count). The Hall–Kier alpha value is 0.350. The minimum absolute atomic E-state index is 0.261. The highest BCUT2D eigenvalue weighted by molar-refractivity contribution is 7.37. The second-order valence-corrected chi connectivity index (χ2v) is 2.56. The molecule has 2 nitrogen and oxygen atoms in total. The molecule has 0 aromatic rings. The number of nitrogens with two attached hydrogens (primary N) is 1. The van der Waals surface area contributed by atoms with E-state index in [9.17, 15) is 0 Å². The molecule has 1 unspecified atom stereocenters. The molecule has 3 heteroatoms. The fraction of sp³-hybridized carbons (Fsp3) is 1.00. The Labute approximate surface area is 45.9 Å². The predicted molar refractivity (Wildman–Crippen MR) is 34.2 cm³/mol. The summed E-state index contributed by atoms with van der Waals surface area (Å²) in [5, 5.41) is 8.74. The van der Waals surface area contributed by atoms with Crippen molar-refractivity contribution in [2.45, 2.75) is 6.10 Å². The van der Waals surface area contributed by atoms with Gasteiger partial charge in [0, 0.05) is 6.54 Å². The zero-order valence-corrected chi connectivity index (χ0v) is 5.52. The summed E-state index contributed by atoms with van der Waals surface area (Å²) in [4.78, 5) is 0. The first-order valence-electron chi connectivity index (χ1n) is 2.34. The summed E-state index contributed by atoms with van der Waals surface area (Å²) >= 11 is 0. The van der Waals surface area contributed by atoms with Gasteiger partial charge in [-0.3, -0.25) is 0 Å². The van der Waals surface area contributed by atoms with Crippen molar-refractivity contribution in [3.05, 3.63) is 0 Å². The van der Waals surface area contributed by atoms with Crippen LogP contribution in [-0.4, -0.2) is 30.6 Å². The van der Waals surface area contributed by atoms with E-state index in [1.807, 2.05) is 0 Å². The van der Waals surface area contributed by atoms with Crippen molar-refractivity contribution in [2.75, 3.05) is 19.4 Å². The van der Waals surface area contributed by atoms with Crippen LogP contribution < -0.4 is 5.73 Å². The molecule has 0 spiro atoms. The van der Waals surface area contributed by atoms with Crippen LogP contribution in [0.1, 0.15) is 0 Å². The van der Waals surface area contributed by atoms with E-state index in [0.717, 1.165) is 14.7 Å². The molecule has 0 aromatic carbocycles. The summed E-state index contributed by atoms with van der Waals surface area (Å²) in [5.41, 5.74) is 5.11. The van der Waals surface area contributed by atoms with Gasteiger partial charge in [0.2, 0.25) is 0 Å². The predicted octanol–water partition coefficient (Wildman–Crippen LogP) is -0.386. The third-order valence-electron chi connectivity index (χ3n) is 0.712. The lowest BCUT2D eigenvalue weighted by atomic mass is 10.4. The van der Waals surface area contributed by atoms with Gasteiger partial charge in [0.1, 0.15) is 0 Å². The maximum atomic E-state index is 8.74. The standard InChI is InChI=1S/C4H12NOP/c1-7-3-4(6)2-5/h4,6-7H,2-3,5H2,1H3/t4-/m0/s1. The van der Waals surface area contributed by atoms with Gasteiger partial charge in [-0.15, -0.1) is 8.58 Å². The first kappa shape index (κ1) is 7.35. The lowest BCUT2D eigenvalue weighted by Crippen LogP contribution is -2.21. The number of hydrogen-bond donors (Lipinski definition) is 2. The molecule has 44 valence electrons. The van der Waals surface area contributed by atoms with Gasteiger partial charge < -0.3 is 10.8 Å². The van der Waals surface area contributed by atoms with Gasteiger partial charge in [0.25, 0.3) is 0 Å². The molecule has 0 heterocycles. The average molecular weight is 121 g/mol. The third-order valence-corrected chi connectivity index (χ3v) is 1.59. The number of rotatable bonds is 3. The van der Waals surface area contributed by atoms with E-state index in [1.54, 1.807) is 0 Å². The molecule has 2 atom stereocenters. The normalized spacial score (nSPS) is 15.9.